The molecule has 1 aromatic heterocycles. The lowest BCUT2D eigenvalue weighted by atomic mass is 9.71. The Hall–Kier alpha value is -2.28. The van der Waals surface area contributed by atoms with E-state index < -0.39 is 21.3 Å². The van der Waals surface area contributed by atoms with Crippen molar-refractivity contribution in [3.63, 3.8) is 0 Å². The van der Waals surface area contributed by atoms with Crippen molar-refractivity contribution in [3.8, 4) is 0 Å². The highest BCUT2D eigenvalue weighted by Gasteiger charge is 2.40. The van der Waals surface area contributed by atoms with Crippen molar-refractivity contribution >= 4 is 15.9 Å². The maximum Gasteiger partial charge on any atom is 0.283 e. The number of hydrogen-bond donors (Lipinski definition) is 1. The van der Waals surface area contributed by atoms with Gasteiger partial charge in [0.2, 0.25) is 5.91 Å². The van der Waals surface area contributed by atoms with Crippen LogP contribution in [0.15, 0.2) is 47.9 Å². The van der Waals surface area contributed by atoms with Crippen LogP contribution in [0, 0.1) is 0 Å². The first-order valence-electron chi connectivity index (χ1n) is 7.35. The quantitative estimate of drug-likeness (QED) is 0.922. The molecule has 7 heteroatoms. The Balaban J connectivity index is 1.93. The number of carbonyl (C=O) groups excluding carboxylic acids is 1. The molecule has 1 atom stereocenters. The third kappa shape index (κ3) is 2.84. The predicted octanol–water partition coefficient (Wildman–Crippen LogP) is 1.58. The van der Waals surface area contributed by atoms with Crippen LogP contribution in [0.25, 0.3) is 0 Å². The van der Waals surface area contributed by atoms with Gasteiger partial charge in [0.05, 0.1) is 11.6 Å². The van der Waals surface area contributed by atoms with Gasteiger partial charge in [0.15, 0.2) is 5.03 Å². The fourth-order valence-corrected chi connectivity index (χ4v) is 3.96. The molecule has 6 nitrogen and oxygen atoms in total. The monoisotopic (exact) mass is 331 g/mol. The van der Waals surface area contributed by atoms with Crippen molar-refractivity contribution in [1.29, 1.82) is 0 Å². The van der Waals surface area contributed by atoms with Crippen LogP contribution < -0.4 is 4.72 Å². The van der Waals surface area contributed by atoms with Gasteiger partial charge in [-0.1, -0.05) is 24.3 Å². The smallest absolute Gasteiger partial charge is 0.273 e. The summed E-state index contributed by atoms with van der Waals surface area (Å²) in [5, 5.41) is -0.263. The van der Waals surface area contributed by atoms with E-state index in [-0.39, 0.29) is 5.03 Å². The summed E-state index contributed by atoms with van der Waals surface area (Å²) >= 11 is 0. The van der Waals surface area contributed by atoms with Crippen molar-refractivity contribution in [2.24, 2.45) is 0 Å². The molecule has 0 aliphatic heterocycles. The van der Waals surface area contributed by atoms with Crippen molar-refractivity contribution in [2.75, 3.05) is 0 Å². The molecule has 0 bridgehead atoms. The Labute approximate surface area is 135 Å². The number of aryl methyl sites for hydroxylation is 1. The van der Waals surface area contributed by atoms with Crippen molar-refractivity contribution in [3.05, 3.63) is 54.0 Å². The first-order chi connectivity index (χ1) is 10.9. The van der Waals surface area contributed by atoms with E-state index in [4.69, 9.17) is 0 Å². The molecule has 0 saturated heterocycles. The van der Waals surface area contributed by atoms with E-state index in [0.29, 0.717) is 6.42 Å². The number of benzene rings is 1. The number of carbonyl (C=O) groups is 1. The lowest BCUT2D eigenvalue weighted by molar-refractivity contribution is -0.124. The Kier molecular flexibility index (Phi) is 3.89. The molecule has 1 aliphatic rings. The summed E-state index contributed by atoms with van der Waals surface area (Å²) in [4.78, 5) is 20.2. The van der Waals surface area contributed by atoms with Crippen LogP contribution in [0.5, 0.6) is 0 Å². The van der Waals surface area contributed by atoms with Crippen LogP contribution in [0.1, 0.15) is 30.9 Å². The molecule has 1 heterocycles. The van der Waals surface area contributed by atoms with E-state index >= 15 is 0 Å². The molecule has 1 aromatic carbocycles. The number of nitrogens with one attached hydrogen (secondary N) is 1. The van der Waals surface area contributed by atoms with Crippen LogP contribution in [-0.2, 0) is 26.7 Å². The standard InChI is InChI=1S/C16H17N3O3S/c1-16(8-4-6-12-5-2-3-7-13(12)16)15(20)19-23(21,22)14-11-17-9-10-18-14/h2-3,5,7,9-11H,4,6,8H2,1H3,(H,19,20). The maximum absolute atomic E-state index is 12.7. The third-order valence-corrected chi connectivity index (χ3v) is 5.49. The van der Waals surface area contributed by atoms with Gasteiger partial charge in [-0.05, 0) is 37.3 Å². The average Bonchev–Trinajstić information content (AvgIpc) is 2.56. The molecular weight excluding hydrogens is 314 g/mol. The average molecular weight is 331 g/mol. The predicted molar refractivity (Wildman–Crippen MR) is 84.1 cm³/mol. The summed E-state index contributed by atoms with van der Waals surface area (Å²) in [6.45, 7) is 1.78. The maximum atomic E-state index is 12.7. The Morgan fingerprint density at radius 1 is 1.26 bits per heavy atom. The van der Waals surface area contributed by atoms with E-state index in [1.54, 1.807) is 6.92 Å². The fraction of sp³-hybridized carbons (Fsp3) is 0.312. The van der Waals surface area contributed by atoms with Gasteiger partial charge in [0.25, 0.3) is 10.0 Å². The van der Waals surface area contributed by atoms with Crippen molar-refractivity contribution in [1.82, 2.24) is 14.7 Å². The van der Waals surface area contributed by atoms with E-state index in [9.17, 15) is 13.2 Å². The van der Waals surface area contributed by atoms with Gasteiger partial charge in [0.1, 0.15) is 0 Å². The zero-order valence-electron chi connectivity index (χ0n) is 12.7. The highest BCUT2D eigenvalue weighted by atomic mass is 32.2. The Morgan fingerprint density at radius 2 is 2.04 bits per heavy atom. The normalized spacial score (nSPS) is 20.6. The number of aromatic nitrogens is 2. The highest BCUT2D eigenvalue weighted by Crippen LogP contribution is 2.37. The Morgan fingerprint density at radius 3 is 2.78 bits per heavy atom. The zero-order valence-corrected chi connectivity index (χ0v) is 13.5. The molecule has 0 fully saturated rings. The number of fused-ring (bicyclic) bond motifs is 1. The number of amides is 1. The van der Waals surface area contributed by atoms with Crippen LogP contribution in [0.2, 0.25) is 0 Å². The molecule has 23 heavy (non-hydrogen) atoms. The van der Waals surface area contributed by atoms with Crippen molar-refractivity contribution < 1.29 is 13.2 Å². The summed E-state index contributed by atoms with van der Waals surface area (Å²) in [5.41, 5.74) is 1.11. The van der Waals surface area contributed by atoms with Crippen molar-refractivity contribution in [2.45, 2.75) is 36.6 Å². The van der Waals surface area contributed by atoms with Gasteiger partial charge < -0.3 is 0 Å². The molecule has 0 radical (unpaired) electrons. The minimum absolute atomic E-state index is 0.263. The van der Waals surface area contributed by atoms with Crippen LogP contribution >= 0.6 is 0 Å². The van der Waals surface area contributed by atoms with Gasteiger partial charge in [-0.25, -0.2) is 9.71 Å². The summed E-state index contributed by atoms with van der Waals surface area (Å²) in [5.74, 6) is -0.532. The summed E-state index contributed by atoms with van der Waals surface area (Å²) < 4.78 is 26.8. The van der Waals surface area contributed by atoms with E-state index in [2.05, 4.69) is 14.7 Å². The van der Waals surface area contributed by atoms with Gasteiger partial charge >= 0.3 is 0 Å². The summed E-state index contributed by atoms with van der Waals surface area (Å²) in [6, 6.07) is 7.67. The first-order valence-corrected chi connectivity index (χ1v) is 8.83. The molecule has 0 spiro atoms. The second-order valence-corrected chi connectivity index (χ2v) is 7.45. The molecule has 1 unspecified atom stereocenters. The van der Waals surface area contributed by atoms with Crippen LogP contribution in [0.4, 0.5) is 0 Å². The SMILES string of the molecule is CC1(C(=O)NS(=O)(=O)c2cnccn2)CCCc2ccccc21. The van der Waals surface area contributed by atoms with E-state index in [1.165, 1.54) is 12.4 Å². The minimum atomic E-state index is -4.02. The number of nitrogens with zero attached hydrogens (tertiary/aromatic N) is 2. The van der Waals surface area contributed by atoms with Gasteiger partial charge in [-0.3, -0.25) is 9.78 Å². The zero-order chi connectivity index (χ0) is 16.5. The largest absolute Gasteiger partial charge is 0.283 e. The number of rotatable bonds is 3. The second kappa shape index (κ2) is 5.73. The molecule has 3 rings (SSSR count). The fourth-order valence-electron chi connectivity index (χ4n) is 2.99. The molecular formula is C16H17N3O3S. The lowest BCUT2D eigenvalue weighted by Crippen LogP contribution is -2.46. The highest BCUT2D eigenvalue weighted by molar-refractivity contribution is 7.90. The molecule has 1 aliphatic carbocycles. The molecule has 0 saturated carbocycles. The number of hydrogen-bond acceptors (Lipinski definition) is 5. The summed E-state index contributed by atoms with van der Waals surface area (Å²) in [6.07, 6.45) is 6.11. The molecule has 1 N–H and O–H groups in total. The van der Waals surface area contributed by atoms with Gasteiger partial charge in [0, 0.05) is 12.4 Å². The molecule has 1 amide bonds. The van der Waals surface area contributed by atoms with Gasteiger partial charge in [-0.15, -0.1) is 0 Å². The van der Waals surface area contributed by atoms with Crippen LogP contribution in [-0.4, -0.2) is 24.3 Å². The minimum Gasteiger partial charge on any atom is -0.273 e. The van der Waals surface area contributed by atoms with E-state index in [1.807, 2.05) is 24.3 Å². The molecule has 2 aromatic rings. The lowest BCUT2D eigenvalue weighted by Gasteiger charge is -2.34. The summed E-state index contributed by atoms with van der Waals surface area (Å²) in [7, 11) is -4.02. The molecule has 120 valence electrons. The number of sulfonamides is 1. The first kappa shape index (κ1) is 15.6. The van der Waals surface area contributed by atoms with E-state index in [0.717, 1.165) is 30.2 Å². The third-order valence-electron chi connectivity index (χ3n) is 4.28. The second-order valence-electron chi connectivity index (χ2n) is 5.82. The Bertz CT molecular complexity index is 837. The van der Waals surface area contributed by atoms with Gasteiger partial charge in [-0.2, -0.15) is 8.42 Å². The topological polar surface area (TPSA) is 89.0 Å². The van der Waals surface area contributed by atoms with Crippen LogP contribution in [0.3, 0.4) is 0 Å².